The fraction of sp³-hybridized carbons (Fsp3) is 0.458. The summed E-state index contributed by atoms with van der Waals surface area (Å²) in [5.41, 5.74) is 1.52. The minimum absolute atomic E-state index is 0.0105. The number of aromatic nitrogens is 1. The highest BCUT2D eigenvalue weighted by Gasteiger charge is 2.34. The van der Waals surface area contributed by atoms with Crippen molar-refractivity contribution in [3.05, 3.63) is 44.9 Å². The second-order valence-electron chi connectivity index (χ2n) is 9.06. The molecule has 0 saturated carbocycles. The van der Waals surface area contributed by atoms with E-state index in [1.807, 2.05) is 7.05 Å². The Morgan fingerprint density at radius 1 is 1.19 bits per heavy atom. The van der Waals surface area contributed by atoms with Crippen LogP contribution >= 0.6 is 35.2 Å². The lowest BCUT2D eigenvalue weighted by Gasteiger charge is -2.39. The Labute approximate surface area is 229 Å². The van der Waals surface area contributed by atoms with Crippen molar-refractivity contribution in [1.82, 2.24) is 25.4 Å². The van der Waals surface area contributed by atoms with Gasteiger partial charge in [-0.15, -0.1) is 11.3 Å². The number of methoxy groups -OCH3 is 1. The Kier molecular flexibility index (Phi) is 9.08. The fourth-order valence-electron chi connectivity index (χ4n) is 4.32. The smallest absolute Gasteiger partial charge is 0.283 e. The number of likely N-dealkylation sites (tertiary alicyclic amines) is 1. The first kappa shape index (κ1) is 27.4. The number of rotatable bonds is 6. The van der Waals surface area contributed by atoms with E-state index in [-0.39, 0.29) is 36.0 Å². The zero-order chi connectivity index (χ0) is 26.5. The van der Waals surface area contributed by atoms with Crippen molar-refractivity contribution in [2.75, 3.05) is 45.7 Å². The van der Waals surface area contributed by atoms with E-state index in [4.69, 9.17) is 28.6 Å². The molecule has 2 aliphatic heterocycles. The molecule has 13 heteroatoms. The number of carbonyl (C=O) groups is 3. The number of amides is 3. The molecule has 198 valence electrons. The van der Waals surface area contributed by atoms with Gasteiger partial charge >= 0.3 is 0 Å². The average Bonchev–Trinajstić information content (AvgIpc) is 3.30. The summed E-state index contributed by atoms with van der Waals surface area (Å²) < 4.78 is 5.00. The molecule has 3 N–H and O–H groups in total. The second-order valence-corrected chi connectivity index (χ2v) is 11.0. The lowest BCUT2D eigenvalue weighted by molar-refractivity contribution is -0.136. The van der Waals surface area contributed by atoms with Gasteiger partial charge in [-0.25, -0.2) is 4.98 Å². The molecule has 0 spiro atoms. The third-order valence-corrected chi connectivity index (χ3v) is 7.93. The number of thiocarbonyl (C=S) groups is 1. The standard InChI is InChI=1S/C24H29ClN6O4S2/c1-30-9-7-17-19(12-30)37-24(29-17)22(34)27-18-11-31(20(32)13-35-2)10-8-16(18)28-23(36)21(33)26-15-5-3-14(25)4-6-15/h3-6,16,18H,7-13H2,1-2H3,(H,26,33)(H,27,34)(H,28,36)/t16-,18+/m0/s1. The number of piperidine rings is 1. The quantitative estimate of drug-likeness (QED) is 0.454. The third kappa shape index (κ3) is 7.02. The summed E-state index contributed by atoms with van der Waals surface area (Å²) in [7, 11) is 3.50. The molecule has 2 atom stereocenters. The van der Waals surface area contributed by atoms with Crippen LogP contribution in [0.15, 0.2) is 24.3 Å². The van der Waals surface area contributed by atoms with Crippen LogP contribution in [0.25, 0.3) is 0 Å². The first-order valence-corrected chi connectivity index (χ1v) is 13.5. The van der Waals surface area contributed by atoms with Crippen LogP contribution in [-0.2, 0) is 27.3 Å². The number of fused-ring (bicyclic) bond motifs is 1. The first-order valence-electron chi connectivity index (χ1n) is 11.9. The van der Waals surface area contributed by atoms with Crippen molar-refractivity contribution >= 4 is 63.6 Å². The van der Waals surface area contributed by atoms with E-state index in [1.165, 1.54) is 18.4 Å². The zero-order valence-corrected chi connectivity index (χ0v) is 23.0. The van der Waals surface area contributed by atoms with Crippen LogP contribution in [0.2, 0.25) is 5.02 Å². The normalized spacial score (nSPS) is 19.6. The summed E-state index contributed by atoms with van der Waals surface area (Å²) >= 11 is 12.6. The molecule has 3 amide bonds. The molecule has 0 bridgehead atoms. The largest absolute Gasteiger partial charge is 0.375 e. The summed E-state index contributed by atoms with van der Waals surface area (Å²) in [4.78, 5) is 47.8. The predicted molar refractivity (Wildman–Crippen MR) is 146 cm³/mol. The lowest BCUT2D eigenvalue weighted by Crippen LogP contribution is -2.62. The van der Waals surface area contributed by atoms with E-state index in [2.05, 4.69) is 25.8 Å². The number of hydrogen-bond acceptors (Lipinski definition) is 8. The molecule has 37 heavy (non-hydrogen) atoms. The number of thiazole rings is 1. The van der Waals surface area contributed by atoms with Gasteiger partial charge in [0.25, 0.3) is 11.8 Å². The number of halogens is 1. The van der Waals surface area contributed by atoms with Gasteiger partial charge < -0.3 is 30.5 Å². The summed E-state index contributed by atoms with van der Waals surface area (Å²) in [6, 6.07) is 5.83. The van der Waals surface area contributed by atoms with Gasteiger partial charge in [0.15, 0.2) is 10.00 Å². The molecular weight excluding hydrogens is 536 g/mol. The van der Waals surface area contributed by atoms with Crippen molar-refractivity contribution in [3.63, 3.8) is 0 Å². The highest BCUT2D eigenvalue weighted by Crippen LogP contribution is 2.25. The number of benzene rings is 1. The molecule has 3 heterocycles. The van der Waals surface area contributed by atoms with Gasteiger partial charge in [0.1, 0.15) is 6.61 Å². The molecule has 1 aromatic carbocycles. The molecule has 2 aromatic rings. The van der Waals surface area contributed by atoms with Crippen LogP contribution in [-0.4, -0.2) is 90.0 Å². The summed E-state index contributed by atoms with van der Waals surface area (Å²) in [5.74, 6) is -0.954. The van der Waals surface area contributed by atoms with E-state index < -0.39 is 11.9 Å². The third-order valence-electron chi connectivity index (χ3n) is 6.29. The van der Waals surface area contributed by atoms with Gasteiger partial charge in [-0.05, 0) is 37.7 Å². The minimum Gasteiger partial charge on any atom is -0.375 e. The number of nitrogens with zero attached hydrogens (tertiary/aromatic N) is 3. The summed E-state index contributed by atoms with van der Waals surface area (Å²) in [6.07, 6.45) is 1.29. The van der Waals surface area contributed by atoms with E-state index in [1.54, 1.807) is 29.2 Å². The maximum absolute atomic E-state index is 13.2. The first-order chi connectivity index (χ1) is 17.7. The van der Waals surface area contributed by atoms with Crippen LogP contribution in [0.4, 0.5) is 5.69 Å². The van der Waals surface area contributed by atoms with E-state index in [9.17, 15) is 14.4 Å². The zero-order valence-electron chi connectivity index (χ0n) is 20.6. The SMILES string of the molecule is COCC(=O)N1CC[C@H](NC(=S)C(=O)Nc2ccc(Cl)cc2)[C@H](NC(=O)c2nc3c(s2)CN(C)CC3)C1. The van der Waals surface area contributed by atoms with Crippen LogP contribution in [0, 0.1) is 0 Å². The summed E-state index contributed by atoms with van der Waals surface area (Å²) in [6.45, 7) is 2.31. The number of anilines is 1. The number of carbonyl (C=O) groups excluding carboxylic acids is 3. The van der Waals surface area contributed by atoms with Crippen LogP contribution in [0.1, 0.15) is 26.8 Å². The van der Waals surface area contributed by atoms with Crippen molar-refractivity contribution in [2.24, 2.45) is 0 Å². The van der Waals surface area contributed by atoms with Crippen molar-refractivity contribution in [3.8, 4) is 0 Å². The Balaban J connectivity index is 1.44. The van der Waals surface area contributed by atoms with E-state index >= 15 is 0 Å². The lowest BCUT2D eigenvalue weighted by atomic mass is 9.98. The van der Waals surface area contributed by atoms with Crippen LogP contribution in [0.3, 0.4) is 0 Å². The number of nitrogens with one attached hydrogen (secondary N) is 3. The number of likely N-dealkylation sites (N-methyl/N-ethyl adjacent to an activating group) is 1. The Morgan fingerprint density at radius 3 is 2.68 bits per heavy atom. The maximum Gasteiger partial charge on any atom is 0.283 e. The van der Waals surface area contributed by atoms with Crippen molar-refractivity contribution < 1.29 is 19.1 Å². The monoisotopic (exact) mass is 564 g/mol. The van der Waals surface area contributed by atoms with Crippen molar-refractivity contribution in [2.45, 2.75) is 31.5 Å². The topological polar surface area (TPSA) is 116 Å². The van der Waals surface area contributed by atoms with Gasteiger partial charge in [-0.3, -0.25) is 14.4 Å². The highest BCUT2D eigenvalue weighted by molar-refractivity contribution is 7.82. The number of ether oxygens (including phenoxy) is 1. The molecule has 2 aliphatic rings. The molecule has 10 nitrogen and oxygen atoms in total. The molecular formula is C24H29ClN6O4S2. The molecule has 1 aromatic heterocycles. The van der Waals surface area contributed by atoms with Crippen LogP contribution < -0.4 is 16.0 Å². The van der Waals surface area contributed by atoms with Crippen LogP contribution in [0.5, 0.6) is 0 Å². The number of hydrogen-bond donors (Lipinski definition) is 3. The van der Waals surface area contributed by atoms with E-state index in [0.29, 0.717) is 28.7 Å². The Morgan fingerprint density at radius 2 is 1.95 bits per heavy atom. The molecule has 0 radical (unpaired) electrons. The maximum atomic E-state index is 13.2. The molecule has 0 aliphatic carbocycles. The van der Waals surface area contributed by atoms with Crippen molar-refractivity contribution in [1.29, 1.82) is 0 Å². The van der Waals surface area contributed by atoms with Gasteiger partial charge in [-0.1, -0.05) is 23.8 Å². The second kappa shape index (κ2) is 12.3. The summed E-state index contributed by atoms with van der Waals surface area (Å²) in [5, 5.41) is 9.79. The Hall–Kier alpha value is -2.64. The van der Waals surface area contributed by atoms with E-state index in [0.717, 1.165) is 30.1 Å². The molecule has 1 saturated heterocycles. The van der Waals surface area contributed by atoms with Gasteiger partial charge in [0, 0.05) is 55.3 Å². The van der Waals surface area contributed by atoms with Gasteiger partial charge in [-0.2, -0.15) is 0 Å². The van der Waals surface area contributed by atoms with Gasteiger partial charge in [0.05, 0.1) is 17.8 Å². The molecule has 1 fully saturated rings. The molecule has 4 rings (SSSR count). The molecule has 0 unspecified atom stereocenters. The minimum atomic E-state index is -0.494. The fourth-order valence-corrected chi connectivity index (χ4v) is 5.74. The predicted octanol–water partition coefficient (Wildman–Crippen LogP) is 1.69. The average molecular weight is 565 g/mol. The Bertz CT molecular complexity index is 1170. The van der Waals surface area contributed by atoms with Gasteiger partial charge in [0.2, 0.25) is 5.91 Å². The highest BCUT2D eigenvalue weighted by atomic mass is 35.5.